The van der Waals surface area contributed by atoms with Crippen molar-refractivity contribution in [2.45, 2.75) is 20.3 Å². The summed E-state index contributed by atoms with van der Waals surface area (Å²) in [5.74, 6) is 1.10. The molecule has 0 fully saturated rings. The fraction of sp³-hybridized carbons (Fsp3) is 0.533. The second-order valence-corrected chi connectivity index (χ2v) is 5.36. The lowest BCUT2D eigenvalue weighted by molar-refractivity contribution is -0.133. The van der Waals surface area contributed by atoms with Crippen molar-refractivity contribution >= 4 is 21.8 Å². The average Bonchev–Trinajstić information content (AvgIpc) is 2.47. The second-order valence-electron chi connectivity index (χ2n) is 4.50. The number of likely N-dealkylation sites (N-methyl/N-ethyl adjacent to an activating group) is 1. The Hall–Kier alpha value is -1.27. The fourth-order valence-electron chi connectivity index (χ4n) is 2.03. The molecule has 0 spiro atoms. The fourth-order valence-corrected chi connectivity index (χ4v) is 2.63. The highest BCUT2D eigenvalue weighted by molar-refractivity contribution is 9.10. The van der Waals surface area contributed by atoms with E-state index in [0.717, 1.165) is 16.5 Å². The van der Waals surface area contributed by atoms with Crippen LogP contribution < -0.4 is 15.2 Å². The zero-order valence-corrected chi connectivity index (χ0v) is 14.4. The first kappa shape index (κ1) is 17.8. The van der Waals surface area contributed by atoms with E-state index in [1.165, 1.54) is 0 Å². The number of ether oxygens (including phenoxy) is 2. The third kappa shape index (κ3) is 4.89. The van der Waals surface area contributed by atoms with Gasteiger partial charge in [0.15, 0.2) is 18.1 Å². The third-order valence-corrected chi connectivity index (χ3v) is 3.77. The van der Waals surface area contributed by atoms with Crippen LogP contribution >= 0.6 is 15.9 Å². The Bertz CT molecular complexity index is 476. The highest BCUT2D eigenvalue weighted by Crippen LogP contribution is 2.36. The van der Waals surface area contributed by atoms with Crippen LogP contribution in [0.3, 0.4) is 0 Å². The zero-order chi connectivity index (χ0) is 15.8. The minimum Gasteiger partial charge on any atom is -0.493 e. The molecule has 6 heteroatoms. The van der Waals surface area contributed by atoms with Crippen LogP contribution in [0.4, 0.5) is 0 Å². The summed E-state index contributed by atoms with van der Waals surface area (Å²) in [7, 11) is 1.58. The van der Waals surface area contributed by atoms with Gasteiger partial charge in [-0.1, -0.05) is 0 Å². The van der Waals surface area contributed by atoms with E-state index in [0.29, 0.717) is 31.1 Å². The number of methoxy groups -OCH3 is 1. The van der Waals surface area contributed by atoms with Crippen molar-refractivity contribution in [3.05, 3.63) is 22.2 Å². The van der Waals surface area contributed by atoms with Gasteiger partial charge in [-0.25, -0.2) is 0 Å². The smallest absolute Gasteiger partial charge is 0.260 e. The van der Waals surface area contributed by atoms with Crippen molar-refractivity contribution in [3.8, 4) is 11.5 Å². The van der Waals surface area contributed by atoms with Crippen LogP contribution in [0.5, 0.6) is 11.5 Å². The molecule has 0 unspecified atom stereocenters. The number of benzene rings is 1. The van der Waals surface area contributed by atoms with E-state index in [9.17, 15) is 4.79 Å². The van der Waals surface area contributed by atoms with E-state index in [-0.39, 0.29) is 12.5 Å². The van der Waals surface area contributed by atoms with Crippen molar-refractivity contribution < 1.29 is 14.3 Å². The van der Waals surface area contributed by atoms with Gasteiger partial charge in [-0.15, -0.1) is 0 Å². The number of carbonyl (C=O) groups is 1. The molecule has 1 aromatic rings. The Labute approximate surface area is 134 Å². The van der Waals surface area contributed by atoms with Gasteiger partial charge in [0.05, 0.1) is 11.6 Å². The molecule has 0 radical (unpaired) electrons. The van der Waals surface area contributed by atoms with E-state index in [1.54, 1.807) is 12.0 Å². The van der Waals surface area contributed by atoms with Gasteiger partial charge in [0.1, 0.15) is 0 Å². The third-order valence-electron chi connectivity index (χ3n) is 3.18. The molecule has 1 amide bonds. The van der Waals surface area contributed by atoms with Crippen LogP contribution in [0.2, 0.25) is 0 Å². The molecule has 0 aliphatic rings. The van der Waals surface area contributed by atoms with Gasteiger partial charge in [-0.3, -0.25) is 4.79 Å². The largest absolute Gasteiger partial charge is 0.493 e. The van der Waals surface area contributed by atoms with Crippen molar-refractivity contribution in [2.24, 2.45) is 5.73 Å². The molecule has 0 heterocycles. The van der Waals surface area contributed by atoms with Crippen LogP contribution in [0, 0.1) is 0 Å². The predicted molar refractivity (Wildman–Crippen MR) is 86.9 cm³/mol. The molecule has 0 aliphatic heterocycles. The van der Waals surface area contributed by atoms with Crippen LogP contribution in [0.15, 0.2) is 16.6 Å². The van der Waals surface area contributed by atoms with Crippen molar-refractivity contribution in [3.63, 3.8) is 0 Å². The number of hydrogen-bond acceptors (Lipinski definition) is 4. The summed E-state index contributed by atoms with van der Waals surface area (Å²) in [4.78, 5) is 13.7. The Balaban J connectivity index is 2.85. The minimum atomic E-state index is -0.0417. The molecule has 0 atom stereocenters. The minimum absolute atomic E-state index is 0.00707. The molecule has 1 aromatic carbocycles. The molecule has 5 nitrogen and oxygen atoms in total. The van der Waals surface area contributed by atoms with Gasteiger partial charge in [-0.05, 0) is 60.4 Å². The topological polar surface area (TPSA) is 64.8 Å². The number of halogens is 1. The molecular weight excluding hydrogens is 336 g/mol. The van der Waals surface area contributed by atoms with Gasteiger partial charge >= 0.3 is 0 Å². The van der Waals surface area contributed by atoms with Crippen molar-refractivity contribution in [1.29, 1.82) is 0 Å². The number of hydrogen-bond donors (Lipinski definition) is 1. The van der Waals surface area contributed by atoms with Crippen molar-refractivity contribution in [2.75, 3.05) is 33.4 Å². The van der Waals surface area contributed by atoms with Gasteiger partial charge in [0.2, 0.25) is 0 Å². The van der Waals surface area contributed by atoms with E-state index in [2.05, 4.69) is 15.9 Å². The Kier molecular flexibility index (Phi) is 7.53. The summed E-state index contributed by atoms with van der Waals surface area (Å²) in [6.07, 6.45) is 0.758. The van der Waals surface area contributed by atoms with Crippen molar-refractivity contribution in [1.82, 2.24) is 4.90 Å². The highest BCUT2D eigenvalue weighted by atomic mass is 79.9. The van der Waals surface area contributed by atoms with E-state index >= 15 is 0 Å². The Morgan fingerprint density at radius 2 is 2.00 bits per heavy atom. The van der Waals surface area contributed by atoms with Crippen LogP contribution in [-0.4, -0.2) is 44.2 Å². The SMILES string of the molecule is CCN(CC)C(=O)COc1c(Br)cc(CCN)cc1OC. The van der Waals surface area contributed by atoms with Gasteiger partial charge in [-0.2, -0.15) is 0 Å². The number of amides is 1. The van der Waals surface area contributed by atoms with E-state index < -0.39 is 0 Å². The molecule has 0 saturated heterocycles. The molecule has 21 heavy (non-hydrogen) atoms. The molecule has 0 aromatic heterocycles. The lowest BCUT2D eigenvalue weighted by atomic mass is 10.1. The van der Waals surface area contributed by atoms with Gasteiger partial charge in [0.25, 0.3) is 5.91 Å². The zero-order valence-electron chi connectivity index (χ0n) is 12.8. The molecule has 0 bridgehead atoms. The Morgan fingerprint density at radius 1 is 1.33 bits per heavy atom. The maximum absolute atomic E-state index is 12.0. The molecule has 2 N–H and O–H groups in total. The summed E-state index contributed by atoms with van der Waals surface area (Å²) in [6.45, 7) is 5.79. The average molecular weight is 359 g/mol. The maximum Gasteiger partial charge on any atom is 0.260 e. The van der Waals surface area contributed by atoms with Crippen LogP contribution in [0.25, 0.3) is 0 Å². The summed E-state index contributed by atoms with van der Waals surface area (Å²) >= 11 is 3.46. The quantitative estimate of drug-likeness (QED) is 0.773. The highest BCUT2D eigenvalue weighted by Gasteiger charge is 2.15. The summed E-state index contributed by atoms with van der Waals surface area (Å²) in [5.41, 5.74) is 6.62. The second kappa shape index (κ2) is 8.89. The standard InChI is InChI=1S/C15H23BrN2O3/c1-4-18(5-2)14(19)10-21-15-12(16)8-11(6-7-17)9-13(15)20-3/h8-9H,4-7,10,17H2,1-3H3. The number of nitrogens with zero attached hydrogens (tertiary/aromatic N) is 1. The summed E-state index contributed by atoms with van der Waals surface area (Å²) < 4.78 is 11.7. The molecule has 1 rings (SSSR count). The lowest BCUT2D eigenvalue weighted by Crippen LogP contribution is -2.34. The normalized spacial score (nSPS) is 10.3. The molecular formula is C15H23BrN2O3. The maximum atomic E-state index is 12.0. The first-order valence-electron chi connectivity index (χ1n) is 7.04. The lowest BCUT2D eigenvalue weighted by Gasteiger charge is -2.20. The van der Waals surface area contributed by atoms with Crippen LogP contribution in [-0.2, 0) is 11.2 Å². The number of nitrogens with two attached hydrogens (primary N) is 1. The van der Waals surface area contributed by atoms with Gasteiger partial charge in [0, 0.05) is 13.1 Å². The first-order valence-corrected chi connectivity index (χ1v) is 7.83. The number of carbonyl (C=O) groups excluding carboxylic acids is 1. The summed E-state index contributed by atoms with van der Waals surface area (Å²) in [5, 5.41) is 0. The predicted octanol–water partition coefficient (Wildman–Crippen LogP) is 2.21. The van der Waals surface area contributed by atoms with Crippen LogP contribution in [0.1, 0.15) is 19.4 Å². The summed E-state index contributed by atoms with van der Waals surface area (Å²) in [6, 6.07) is 3.82. The Morgan fingerprint density at radius 3 is 2.52 bits per heavy atom. The van der Waals surface area contributed by atoms with Gasteiger partial charge < -0.3 is 20.1 Å². The first-order chi connectivity index (χ1) is 10.1. The molecule has 118 valence electrons. The van der Waals surface area contributed by atoms with E-state index in [4.69, 9.17) is 15.2 Å². The molecule has 0 saturated carbocycles. The number of rotatable bonds is 8. The molecule has 0 aliphatic carbocycles. The monoisotopic (exact) mass is 358 g/mol. The van der Waals surface area contributed by atoms with E-state index in [1.807, 2.05) is 26.0 Å².